The first kappa shape index (κ1) is 13.2. The van der Waals surface area contributed by atoms with E-state index in [1.54, 1.807) is 7.11 Å². The molecule has 0 radical (unpaired) electrons. The minimum atomic E-state index is 0.0301. The van der Waals surface area contributed by atoms with Crippen molar-refractivity contribution in [1.29, 1.82) is 0 Å². The van der Waals surface area contributed by atoms with E-state index in [9.17, 15) is 0 Å². The Morgan fingerprint density at radius 2 is 2.11 bits per heavy atom. The van der Waals surface area contributed by atoms with Gasteiger partial charge >= 0.3 is 0 Å². The summed E-state index contributed by atoms with van der Waals surface area (Å²) in [4.78, 5) is 0. The molecule has 2 rings (SSSR count). The number of hydrogen-bond acceptors (Lipinski definition) is 3. The lowest BCUT2D eigenvalue weighted by atomic mass is 9.90. The lowest BCUT2D eigenvalue weighted by Crippen LogP contribution is -2.41. The van der Waals surface area contributed by atoms with Crippen molar-refractivity contribution >= 4 is 5.69 Å². The summed E-state index contributed by atoms with van der Waals surface area (Å²) in [5.41, 5.74) is 1.18. The number of rotatable bonds is 4. The van der Waals surface area contributed by atoms with Crippen molar-refractivity contribution in [3.63, 3.8) is 0 Å². The number of benzene rings is 1. The highest BCUT2D eigenvalue weighted by Gasteiger charge is 2.31. The Labute approximate surface area is 109 Å². The van der Waals surface area contributed by atoms with Crippen molar-refractivity contribution in [2.75, 3.05) is 19.0 Å². The monoisotopic (exact) mass is 249 g/mol. The first-order chi connectivity index (χ1) is 8.65. The topological polar surface area (TPSA) is 30.5 Å². The zero-order chi connectivity index (χ0) is 13.0. The molecule has 2 unspecified atom stereocenters. The van der Waals surface area contributed by atoms with Crippen LogP contribution in [0.2, 0.25) is 0 Å². The van der Waals surface area contributed by atoms with E-state index in [1.807, 2.05) is 12.1 Å². The quantitative estimate of drug-likeness (QED) is 0.886. The summed E-state index contributed by atoms with van der Waals surface area (Å²) in [7, 11) is 1.69. The number of nitrogens with one attached hydrogen (secondary N) is 1. The fraction of sp³-hybridized carbons (Fsp3) is 0.600. The Hall–Kier alpha value is -1.22. The van der Waals surface area contributed by atoms with Crippen molar-refractivity contribution in [3.8, 4) is 5.75 Å². The summed E-state index contributed by atoms with van der Waals surface area (Å²) in [6.07, 6.45) is 3.20. The Morgan fingerprint density at radius 1 is 1.39 bits per heavy atom. The van der Waals surface area contributed by atoms with Gasteiger partial charge in [0.2, 0.25) is 0 Å². The average molecular weight is 249 g/mol. The smallest absolute Gasteiger partial charge is 0.119 e. The highest BCUT2D eigenvalue weighted by molar-refractivity contribution is 5.47. The fourth-order valence-corrected chi connectivity index (χ4v) is 2.42. The van der Waals surface area contributed by atoms with Crippen LogP contribution in [0.1, 0.15) is 33.1 Å². The van der Waals surface area contributed by atoms with Crippen LogP contribution in [0.3, 0.4) is 0 Å². The molecular weight excluding hydrogens is 226 g/mol. The van der Waals surface area contributed by atoms with Crippen LogP contribution in [-0.2, 0) is 4.74 Å². The lowest BCUT2D eigenvalue weighted by molar-refractivity contribution is -0.0708. The van der Waals surface area contributed by atoms with Crippen LogP contribution in [0.4, 0.5) is 5.69 Å². The van der Waals surface area contributed by atoms with Gasteiger partial charge in [0, 0.05) is 18.3 Å². The van der Waals surface area contributed by atoms with Crippen molar-refractivity contribution in [1.82, 2.24) is 0 Å². The highest BCUT2D eigenvalue weighted by Crippen LogP contribution is 2.29. The predicted octanol–water partition coefficient (Wildman–Crippen LogP) is 3.45. The second kappa shape index (κ2) is 5.61. The fourth-order valence-electron chi connectivity index (χ4n) is 2.42. The van der Waals surface area contributed by atoms with Crippen LogP contribution < -0.4 is 10.1 Å². The molecule has 1 aliphatic rings. The largest absolute Gasteiger partial charge is 0.497 e. The molecule has 0 aliphatic carbocycles. The molecular formula is C15H23NO2. The van der Waals surface area contributed by atoms with Crippen molar-refractivity contribution in [2.45, 2.75) is 44.8 Å². The maximum Gasteiger partial charge on any atom is 0.119 e. The predicted molar refractivity (Wildman–Crippen MR) is 74.3 cm³/mol. The molecule has 2 atom stereocenters. The van der Waals surface area contributed by atoms with E-state index in [-0.39, 0.29) is 5.60 Å². The summed E-state index contributed by atoms with van der Waals surface area (Å²) in [6.45, 7) is 5.24. The van der Waals surface area contributed by atoms with Crippen LogP contribution in [0, 0.1) is 0 Å². The van der Waals surface area contributed by atoms with Gasteiger partial charge in [0.15, 0.2) is 0 Å². The van der Waals surface area contributed by atoms with Gasteiger partial charge in [-0.25, -0.2) is 0 Å². The second-order valence-electron chi connectivity index (χ2n) is 5.21. The van der Waals surface area contributed by atoms with E-state index in [0.29, 0.717) is 6.04 Å². The third-order valence-electron chi connectivity index (χ3n) is 3.80. The van der Waals surface area contributed by atoms with E-state index in [1.165, 1.54) is 0 Å². The Bertz CT molecular complexity index is 377. The van der Waals surface area contributed by atoms with Gasteiger partial charge in [-0.05, 0) is 50.5 Å². The number of hydrogen-bond donors (Lipinski definition) is 1. The maximum atomic E-state index is 5.86. The van der Waals surface area contributed by atoms with Gasteiger partial charge in [-0.3, -0.25) is 0 Å². The molecule has 0 spiro atoms. The molecule has 0 bridgehead atoms. The van der Waals surface area contributed by atoms with Gasteiger partial charge in [-0.1, -0.05) is 6.92 Å². The molecule has 0 amide bonds. The van der Waals surface area contributed by atoms with E-state index in [4.69, 9.17) is 9.47 Å². The van der Waals surface area contributed by atoms with Crippen LogP contribution in [0.15, 0.2) is 24.3 Å². The molecule has 3 nitrogen and oxygen atoms in total. The third-order valence-corrected chi connectivity index (χ3v) is 3.80. The van der Waals surface area contributed by atoms with Gasteiger partial charge in [0.25, 0.3) is 0 Å². The third kappa shape index (κ3) is 3.16. The van der Waals surface area contributed by atoms with Crippen LogP contribution >= 0.6 is 0 Å². The lowest BCUT2D eigenvalue weighted by Gasteiger charge is -2.38. The standard InChI is InChI=1S/C15H23NO2/c1-4-15(2)11-13(9-10-18-15)16-12-5-7-14(17-3)8-6-12/h5-8,13,16H,4,9-11H2,1-3H3. The first-order valence-electron chi connectivity index (χ1n) is 6.70. The van der Waals surface area contributed by atoms with Crippen LogP contribution in [0.25, 0.3) is 0 Å². The minimum Gasteiger partial charge on any atom is -0.497 e. The molecule has 1 N–H and O–H groups in total. The van der Waals surface area contributed by atoms with E-state index in [0.717, 1.165) is 37.3 Å². The van der Waals surface area contributed by atoms with Crippen LogP contribution in [0.5, 0.6) is 5.75 Å². The summed E-state index contributed by atoms with van der Waals surface area (Å²) < 4.78 is 11.0. The highest BCUT2D eigenvalue weighted by atomic mass is 16.5. The summed E-state index contributed by atoms with van der Waals surface area (Å²) in [6, 6.07) is 8.60. The van der Waals surface area contributed by atoms with Gasteiger partial charge < -0.3 is 14.8 Å². The van der Waals surface area contributed by atoms with Crippen molar-refractivity contribution < 1.29 is 9.47 Å². The second-order valence-corrected chi connectivity index (χ2v) is 5.21. The van der Waals surface area contributed by atoms with Gasteiger partial charge in [0.05, 0.1) is 12.7 Å². The van der Waals surface area contributed by atoms with Gasteiger partial charge in [-0.15, -0.1) is 0 Å². The SMILES string of the molecule is CCC1(C)CC(Nc2ccc(OC)cc2)CCO1. The van der Waals surface area contributed by atoms with E-state index < -0.39 is 0 Å². The van der Waals surface area contributed by atoms with E-state index >= 15 is 0 Å². The molecule has 0 aromatic heterocycles. The minimum absolute atomic E-state index is 0.0301. The summed E-state index contributed by atoms with van der Waals surface area (Å²) in [5.74, 6) is 0.894. The van der Waals surface area contributed by atoms with Gasteiger partial charge in [0.1, 0.15) is 5.75 Å². The van der Waals surface area contributed by atoms with Crippen molar-refractivity contribution in [3.05, 3.63) is 24.3 Å². The molecule has 1 heterocycles. The molecule has 1 aliphatic heterocycles. The molecule has 3 heteroatoms. The Balaban J connectivity index is 1.96. The number of methoxy groups -OCH3 is 1. The summed E-state index contributed by atoms with van der Waals surface area (Å²) in [5, 5.41) is 3.59. The van der Waals surface area contributed by atoms with E-state index in [2.05, 4.69) is 31.3 Å². The first-order valence-corrected chi connectivity index (χ1v) is 6.70. The van der Waals surface area contributed by atoms with Crippen LogP contribution in [-0.4, -0.2) is 25.4 Å². The van der Waals surface area contributed by atoms with Gasteiger partial charge in [-0.2, -0.15) is 0 Å². The number of anilines is 1. The number of ether oxygens (including phenoxy) is 2. The molecule has 0 saturated carbocycles. The molecule has 100 valence electrons. The summed E-state index contributed by atoms with van der Waals surface area (Å²) >= 11 is 0. The zero-order valence-electron chi connectivity index (χ0n) is 11.5. The molecule has 18 heavy (non-hydrogen) atoms. The molecule has 1 aromatic rings. The average Bonchev–Trinajstić information content (AvgIpc) is 2.40. The zero-order valence-corrected chi connectivity index (χ0v) is 11.5. The molecule has 1 aromatic carbocycles. The molecule has 1 saturated heterocycles. The normalized spacial score (nSPS) is 27.8. The Kier molecular flexibility index (Phi) is 4.12. The van der Waals surface area contributed by atoms with Crippen molar-refractivity contribution in [2.24, 2.45) is 0 Å². The molecule has 1 fully saturated rings. The Morgan fingerprint density at radius 3 is 2.72 bits per heavy atom. The maximum absolute atomic E-state index is 5.86.